The van der Waals surface area contributed by atoms with E-state index < -0.39 is 0 Å². The molecule has 1 saturated carbocycles. The maximum atomic E-state index is 6.33. The zero-order valence-corrected chi connectivity index (χ0v) is 13.8. The van der Waals surface area contributed by atoms with Gasteiger partial charge < -0.3 is 5.73 Å². The predicted molar refractivity (Wildman–Crippen MR) is 97.5 cm³/mol. The Labute approximate surface area is 142 Å². The standard InChI is InChI=1S/C20H22N4/c21-19-18-16(13-14-5-2-1-3-6-14)7-4-8-17(18)23-20(24-19)15-9-11-22-12-10-15/h4,7-12,14H,1-3,5-6,13H2,(H2,21,23,24). The van der Waals surface area contributed by atoms with Gasteiger partial charge in [-0.3, -0.25) is 4.98 Å². The van der Waals surface area contributed by atoms with E-state index in [0.29, 0.717) is 11.6 Å². The average Bonchev–Trinajstić information content (AvgIpc) is 2.63. The number of nitrogens with zero attached hydrogens (tertiary/aromatic N) is 3. The minimum Gasteiger partial charge on any atom is -0.383 e. The number of rotatable bonds is 3. The molecule has 2 aromatic heterocycles. The second-order valence-corrected chi connectivity index (χ2v) is 6.69. The second-order valence-electron chi connectivity index (χ2n) is 6.69. The van der Waals surface area contributed by atoms with Crippen LogP contribution in [0.3, 0.4) is 0 Å². The third kappa shape index (κ3) is 2.96. The van der Waals surface area contributed by atoms with Gasteiger partial charge in [-0.15, -0.1) is 0 Å². The summed E-state index contributed by atoms with van der Waals surface area (Å²) >= 11 is 0. The molecule has 0 unspecified atom stereocenters. The highest BCUT2D eigenvalue weighted by Gasteiger charge is 2.17. The van der Waals surface area contributed by atoms with Crippen LogP contribution in [0.25, 0.3) is 22.3 Å². The first-order valence-electron chi connectivity index (χ1n) is 8.77. The highest BCUT2D eigenvalue weighted by atomic mass is 14.9. The molecule has 0 bridgehead atoms. The first kappa shape index (κ1) is 15.1. The van der Waals surface area contributed by atoms with Crippen LogP contribution in [0.1, 0.15) is 37.7 Å². The predicted octanol–water partition coefficient (Wildman–Crippen LogP) is 4.40. The molecular weight excluding hydrogens is 296 g/mol. The number of hydrogen-bond donors (Lipinski definition) is 1. The van der Waals surface area contributed by atoms with Crippen LogP contribution in [0, 0.1) is 5.92 Å². The Morgan fingerprint density at radius 2 is 1.75 bits per heavy atom. The molecule has 1 aliphatic rings. The molecule has 4 nitrogen and oxygen atoms in total. The maximum absolute atomic E-state index is 6.33. The molecular formula is C20H22N4. The zero-order valence-electron chi connectivity index (χ0n) is 13.8. The van der Waals surface area contributed by atoms with E-state index >= 15 is 0 Å². The normalized spacial score (nSPS) is 15.7. The van der Waals surface area contributed by atoms with Crippen molar-refractivity contribution in [1.29, 1.82) is 0 Å². The highest BCUT2D eigenvalue weighted by molar-refractivity contribution is 5.92. The zero-order chi connectivity index (χ0) is 16.4. The summed E-state index contributed by atoms with van der Waals surface area (Å²) in [6.07, 6.45) is 11.3. The number of pyridine rings is 1. The van der Waals surface area contributed by atoms with Crippen LogP contribution in [0.2, 0.25) is 0 Å². The average molecular weight is 318 g/mol. The summed E-state index contributed by atoms with van der Waals surface area (Å²) < 4.78 is 0. The number of benzene rings is 1. The van der Waals surface area contributed by atoms with Crippen LogP contribution in [-0.4, -0.2) is 15.0 Å². The van der Waals surface area contributed by atoms with Gasteiger partial charge in [0.1, 0.15) is 5.82 Å². The van der Waals surface area contributed by atoms with Gasteiger partial charge in [-0.05, 0) is 36.1 Å². The molecule has 0 atom stereocenters. The Hall–Kier alpha value is -2.49. The van der Waals surface area contributed by atoms with E-state index in [1.54, 1.807) is 12.4 Å². The van der Waals surface area contributed by atoms with Crippen LogP contribution < -0.4 is 5.73 Å². The fraction of sp³-hybridized carbons (Fsp3) is 0.350. The van der Waals surface area contributed by atoms with Gasteiger partial charge in [0.25, 0.3) is 0 Å². The minimum absolute atomic E-state index is 0.582. The molecule has 2 heterocycles. The molecule has 2 N–H and O–H groups in total. The molecule has 4 heteroatoms. The lowest BCUT2D eigenvalue weighted by atomic mass is 9.84. The van der Waals surface area contributed by atoms with Crippen LogP contribution in [-0.2, 0) is 6.42 Å². The van der Waals surface area contributed by atoms with Crippen LogP contribution in [0.15, 0.2) is 42.7 Å². The van der Waals surface area contributed by atoms with Crippen molar-refractivity contribution >= 4 is 16.7 Å². The smallest absolute Gasteiger partial charge is 0.162 e. The second kappa shape index (κ2) is 6.56. The monoisotopic (exact) mass is 318 g/mol. The van der Waals surface area contributed by atoms with Gasteiger partial charge in [0.05, 0.1) is 5.52 Å². The largest absolute Gasteiger partial charge is 0.383 e. The Kier molecular flexibility index (Phi) is 4.11. The van der Waals surface area contributed by atoms with E-state index in [4.69, 9.17) is 10.7 Å². The summed E-state index contributed by atoms with van der Waals surface area (Å²) in [6.45, 7) is 0. The van der Waals surface area contributed by atoms with Crippen molar-refractivity contribution in [3.63, 3.8) is 0 Å². The van der Waals surface area contributed by atoms with E-state index in [0.717, 1.165) is 28.8 Å². The maximum Gasteiger partial charge on any atom is 0.162 e. The summed E-state index contributed by atoms with van der Waals surface area (Å²) in [7, 11) is 0. The summed E-state index contributed by atoms with van der Waals surface area (Å²) in [5.74, 6) is 2.01. The van der Waals surface area contributed by atoms with Crippen molar-refractivity contribution in [3.05, 3.63) is 48.3 Å². The fourth-order valence-corrected chi connectivity index (χ4v) is 3.79. The van der Waals surface area contributed by atoms with E-state index in [2.05, 4.69) is 22.1 Å². The van der Waals surface area contributed by atoms with Gasteiger partial charge in [0, 0.05) is 23.3 Å². The van der Waals surface area contributed by atoms with E-state index in [-0.39, 0.29) is 0 Å². The van der Waals surface area contributed by atoms with Gasteiger partial charge in [-0.2, -0.15) is 0 Å². The number of nitrogen functional groups attached to an aromatic ring is 1. The van der Waals surface area contributed by atoms with Gasteiger partial charge in [-0.25, -0.2) is 9.97 Å². The SMILES string of the molecule is Nc1nc(-c2ccncc2)nc2cccc(CC3CCCCC3)c12. The van der Waals surface area contributed by atoms with Crippen LogP contribution in [0.4, 0.5) is 5.82 Å². The summed E-state index contributed by atoms with van der Waals surface area (Å²) in [4.78, 5) is 13.4. The first-order valence-corrected chi connectivity index (χ1v) is 8.77. The number of nitrogens with two attached hydrogens (primary N) is 1. The molecule has 4 rings (SSSR count). The molecule has 1 aliphatic carbocycles. The Morgan fingerprint density at radius 3 is 2.54 bits per heavy atom. The minimum atomic E-state index is 0.582. The summed E-state index contributed by atoms with van der Waals surface area (Å²) in [5.41, 5.74) is 9.50. The lowest BCUT2D eigenvalue weighted by Gasteiger charge is -2.22. The molecule has 0 spiro atoms. The summed E-state index contributed by atoms with van der Waals surface area (Å²) in [6, 6.07) is 10.1. The number of fused-ring (bicyclic) bond motifs is 1. The number of anilines is 1. The van der Waals surface area contributed by atoms with Crippen LogP contribution in [0.5, 0.6) is 0 Å². The van der Waals surface area contributed by atoms with E-state index in [1.165, 1.54) is 37.7 Å². The van der Waals surface area contributed by atoms with Crippen LogP contribution >= 0.6 is 0 Å². The highest BCUT2D eigenvalue weighted by Crippen LogP contribution is 2.31. The first-order chi connectivity index (χ1) is 11.8. The molecule has 0 radical (unpaired) electrons. The van der Waals surface area contributed by atoms with Gasteiger partial charge in [0.2, 0.25) is 0 Å². The molecule has 1 fully saturated rings. The topological polar surface area (TPSA) is 64.7 Å². The number of hydrogen-bond acceptors (Lipinski definition) is 4. The molecule has 3 aromatic rings. The Bertz CT molecular complexity index is 839. The molecule has 24 heavy (non-hydrogen) atoms. The molecule has 0 aliphatic heterocycles. The lowest BCUT2D eigenvalue weighted by molar-refractivity contribution is 0.357. The number of aromatic nitrogens is 3. The molecule has 122 valence electrons. The molecule has 1 aromatic carbocycles. The van der Waals surface area contributed by atoms with Gasteiger partial charge >= 0.3 is 0 Å². The van der Waals surface area contributed by atoms with Crippen molar-refractivity contribution in [1.82, 2.24) is 15.0 Å². The van der Waals surface area contributed by atoms with Crippen molar-refractivity contribution in [2.45, 2.75) is 38.5 Å². The van der Waals surface area contributed by atoms with Gasteiger partial charge in [-0.1, -0.05) is 44.2 Å². The third-order valence-corrected chi connectivity index (χ3v) is 5.01. The lowest BCUT2D eigenvalue weighted by Crippen LogP contribution is -2.10. The van der Waals surface area contributed by atoms with Crippen molar-refractivity contribution in [2.75, 3.05) is 5.73 Å². The molecule has 0 amide bonds. The Balaban J connectivity index is 1.74. The molecule has 0 saturated heterocycles. The van der Waals surface area contributed by atoms with Crippen molar-refractivity contribution in [3.8, 4) is 11.4 Å². The quantitative estimate of drug-likeness (QED) is 0.777. The fourth-order valence-electron chi connectivity index (χ4n) is 3.79. The van der Waals surface area contributed by atoms with E-state index in [1.807, 2.05) is 18.2 Å². The third-order valence-electron chi connectivity index (χ3n) is 5.01. The van der Waals surface area contributed by atoms with E-state index in [9.17, 15) is 0 Å². The Morgan fingerprint density at radius 1 is 0.958 bits per heavy atom. The van der Waals surface area contributed by atoms with Gasteiger partial charge in [0.15, 0.2) is 5.82 Å². The van der Waals surface area contributed by atoms with Crippen molar-refractivity contribution < 1.29 is 0 Å². The van der Waals surface area contributed by atoms with Crippen molar-refractivity contribution in [2.24, 2.45) is 5.92 Å². The summed E-state index contributed by atoms with van der Waals surface area (Å²) in [5, 5.41) is 1.03.